The van der Waals surface area contributed by atoms with Gasteiger partial charge in [-0.05, 0) is 63.8 Å². The molecular formula is C24H34N4S. The van der Waals surface area contributed by atoms with Crippen LogP contribution in [0, 0.1) is 6.92 Å². The summed E-state index contributed by atoms with van der Waals surface area (Å²) >= 11 is 1.90. The lowest BCUT2D eigenvalue weighted by Crippen LogP contribution is -2.48. The van der Waals surface area contributed by atoms with Gasteiger partial charge in [-0.2, -0.15) is 0 Å². The molecule has 0 aromatic heterocycles. The van der Waals surface area contributed by atoms with Gasteiger partial charge in [0.1, 0.15) is 0 Å². The minimum absolute atomic E-state index is 1.08. The van der Waals surface area contributed by atoms with E-state index in [-0.39, 0.29) is 0 Å². The molecule has 0 bridgehead atoms. The van der Waals surface area contributed by atoms with Gasteiger partial charge in [0.2, 0.25) is 0 Å². The number of aryl methyl sites for hydroxylation is 1. The highest BCUT2D eigenvalue weighted by atomic mass is 32.2. The van der Waals surface area contributed by atoms with Gasteiger partial charge < -0.3 is 14.7 Å². The summed E-state index contributed by atoms with van der Waals surface area (Å²) < 4.78 is 0. The summed E-state index contributed by atoms with van der Waals surface area (Å²) in [5, 5.41) is 0. The maximum Gasteiger partial charge on any atom is 0.0555 e. The molecular weight excluding hydrogens is 376 g/mol. The molecule has 0 radical (unpaired) electrons. The topological polar surface area (TPSA) is 13.0 Å². The lowest BCUT2D eigenvalue weighted by Gasteiger charge is -2.36. The zero-order valence-corrected chi connectivity index (χ0v) is 18.9. The van der Waals surface area contributed by atoms with Gasteiger partial charge in [0, 0.05) is 55.6 Å². The van der Waals surface area contributed by atoms with Gasteiger partial charge in [-0.3, -0.25) is 4.90 Å². The first-order chi connectivity index (χ1) is 14.1. The number of hydrogen-bond acceptors (Lipinski definition) is 5. The molecule has 0 N–H and O–H groups in total. The standard InChI is InChI=1S/C24H34N4S/c1-20-9-10-24-22(19-20)28(21-7-4-5-8-23(21)29-24)12-6-11-26-15-17-27(18-16-26)14-13-25(2)3/h4-5,7-10,19H,6,11-18H2,1-3H3. The lowest BCUT2D eigenvalue weighted by atomic mass is 10.1. The van der Waals surface area contributed by atoms with Crippen LogP contribution in [0.3, 0.4) is 0 Å². The third kappa shape index (κ3) is 5.15. The second-order valence-corrected chi connectivity index (χ2v) is 9.62. The third-order valence-corrected chi connectivity index (χ3v) is 7.10. The minimum atomic E-state index is 1.08. The Morgan fingerprint density at radius 1 is 0.828 bits per heavy atom. The van der Waals surface area contributed by atoms with Crippen LogP contribution in [-0.2, 0) is 0 Å². The number of benzene rings is 2. The van der Waals surface area contributed by atoms with E-state index in [0.29, 0.717) is 0 Å². The van der Waals surface area contributed by atoms with Crippen LogP contribution in [0.15, 0.2) is 52.3 Å². The number of piperazine rings is 1. The first-order valence-corrected chi connectivity index (χ1v) is 11.7. The summed E-state index contributed by atoms with van der Waals surface area (Å²) in [6.07, 6.45) is 1.20. The van der Waals surface area contributed by atoms with Gasteiger partial charge in [-0.1, -0.05) is 30.0 Å². The molecule has 2 aliphatic rings. The van der Waals surface area contributed by atoms with E-state index in [1.165, 1.54) is 72.4 Å². The largest absolute Gasteiger partial charge is 0.340 e. The van der Waals surface area contributed by atoms with E-state index in [4.69, 9.17) is 0 Å². The molecule has 0 saturated carbocycles. The SMILES string of the molecule is Cc1ccc2c(c1)N(CCCN1CCN(CCN(C)C)CC1)c1ccccc1S2. The van der Waals surface area contributed by atoms with Crippen LogP contribution in [0.2, 0.25) is 0 Å². The number of hydrogen-bond donors (Lipinski definition) is 0. The van der Waals surface area contributed by atoms with E-state index in [1.54, 1.807) is 0 Å². The monoisotopic (exact) mass is 410 g/mol. The van der Waals surface area contributed by atoms with E-state index in [1.807, 2.05) is 11.8 Å². The average Bonchev–Trinajstić information content (AvgIpc) is 2.73. The van der Waals surface area contributed by atoms with Gasteiger partial charge in [-0.15, -0.1) is 0 Å². The number of likely N-dealkylation sites (N-methyl/N-ethyl adjacent to an activating group) is 1. The quantitative estimate of drug-likeness (QED) is 0.677. The minimum Gasteiger partial charge on any atom is -0.340 e. The molecule has 0 atom stereocenters. The van der Waals surface area contributed by atoms with Crippen molar-refractivity contribution in [3.05, 3.63) is 48.0 Å². The van der Waals surface area contributed by atoms with Gasteiger partial charge >= 0.3 is 0 Å². The molecule has 156 valence electrons. The summed E-state index contributed by atoms with van der Waals surface area (Å²) in [5.41, 5.74) is 4.08. The first-order valence-electron chi connectivity index (χ1n) is 10.8. The Morgan fingerprint density at radius 3 is 2.28 bits per heavy atom. The maximum atomic E-state index is 2.65. The average molecular weight is 411 g/mol. The van der Waals surface area contributed by atoms with E-state index < -0.39 is 0 Å². The molecule has 4 rings (SSSR count). The van der Waals surface area contributed by atoms with Crippen molar-refractivity contribution in [2.24, 2.45) is 0 Å². The molecule has 2 aromatic carbocycles. The molecule has 0 spiro atoms. The highest BCUT2D eigenvalue weighted by Gasteiger charge is 2.23. The molecule has 4 nitrogen and oxygen atoms in total. The summed E-state index contributed by atoms with van der Waals surface area (Å²) in [6, 6.07) is 15.7. The van der Waals surface area contributed by atoms with Crippen molar-refractivity contribution in [1.29, 1.82) is 0 Å². The smallest absolute Gasteiger partial charge is 0.0555 e. The van der Waals surface area contributed by atoms with Crippen LogP contribution in [0.4, 0.5) is 11.4 Å². The molecule has 5 heteroatoms. The van der Waals surface area contributed by atoms with Gasteiger partial charge in [0.25, 0.3) is 0 Å². The van der Waals surface area contributed by atoms with E-state index in [2.05, 4.69) is 83.1 Å². The Labute approximate surface area is 180 Å². The summed E-state index contributed by atoms with van der Waals surface area (Å²) in [7, 11) is 4.32. The molecule has 29 heavy (non-hydrogen) atoms. The Morgan fingerprint density at radius 2 is 1.52 bits per heavy atom. The van der Waals surface area contributed by atoms with Gasteiger partial charge in [-0.25, -0.2) is 0 Å². The second kappa shape index (κ2) is 9.52. The van der Waals surface area contributed by atoms with Gasteiger partial charge in [0.15, 0.2) is 0 Å². The number of para-hydroxylation sites is 1. The fourth-order valence-corrected chi connectivity index (χ4v) is 5.29. The number of anilines is 2. The Kier molecular flexibility index (Phi) is 6.81. The second-order valence-electron chi connectivity index (χ2n) is 8.53. The van der Waals surface area contributed by atoms with Crippen molar-refractivity contribution in [2.75, 3.05) is 71.4 Å². The number of rotatable bonds is 7. The zero-order valence-electron chi connectivity index (χ0n) is 18.1. The fourth-order valence-electron chi connectivity index (χ4n) is 4.21. The molecule has 2 aromatic rings. The van der Waals surface area contributed by atoms with Crippen molar-refractivity contribution in [2.45, 2.75) is 23.1 Å². The van der Waals surface area contributed by atoms with E-state index >= 15 is 0 Å². The predicted octanol–water partition coefficient (Wildman–Crippen LogP) is 4.17. The molecule has 0 unspecified atom stereocenters. The van der Waals surface area contributed by atoms with Gasteiger partial charge in [0.05, 0.1) is 11.4 Å². The third-order valence-electron chi connectivity index (χ3n) is 5.97. The van der Waals surface area contributed by atoms with Crippen LogP contribution >= 0.6 is 11.8 Å². The first kappa shape index (κ1) is 20.7. The van der Waals surface area contributed by atoms with Crippen molar-refractivity contribution < 1.29 is 0 Å². The number of fused-ring (bicyclic) bond motifs is 2. The molecule has 0 aliphatic carbocycles. The molecule has 1 saturated heterocycles. The van der Waals surface area contributed by atoms with Crippen LogP contribution in [0.5, 0.6) is 0 Å². The van der Waals surface area contributed by atoms with Crippen molar-refractivity contribution >= 4 is 23.1 Å². The predicted molar refractivity (Wildman–Crippen MR) is 125 cm³/mol. The zero-order chi connectivity index (χ0) is 20.2. The summed E-state index contributed by atoms with van der Waals surface area (Å²) in [5.74, 6) is 0. The highest BCUT2D eigenvalue weighted by molar-refractivity contribution is 7.99. The fraction of sp³-hybridized carbons (Fsp3) is 0.500. The van der Waals surface area contributed by atoms with Crippen LogP contribution < -0.4 is 4.90 Å². The maximum absolute atomic E-state index is 2.65. The van der Waals surface area contributed by atoms with Crippen molar-refractivity contribution in [3.8, 4) is 0 Å². The molecule has 0 amide bonds. The molecule has 2 heterocycles. The molecule has 2 aliphatic heterocycles. The number of nitrogens with zero attached hydrogens (tertiary/aromatic N) is 4. The summed E-state index contributed by atoms with van der Waals surface area (Å²) in [6.45, 7) is 11.6. The van der Waals surface area contributed by atoms with Crippen LogP contribution in [0.25, 0.3) is 0 Å². The van der Waals surface area contributed by atoms with E-state index in [9.17, 15) is 0 Å². The Bertz CT molecular complexity index is 814. The van der Waals surface area contributed by atoms with Crippen molar-refractivity contribution in [1.82, 2.24) is 14.7 Å². The summed E-state index contributed by atoms with van der Waals surface area (Å²) in [4.78, 5) is 12.8. The normalized spacial score (nSPS) is 17.4. The van der Waals surface area contributed by atoms with E-state index in [0.717, 1.165) is 13.1 Å². The van der Waals surface area contributed by atoms with Crippen molar-refractivity contribution in [3.63, 3.8) is 0 Å². The lowest BCUT2D eigenvalue weighted by molar-refractivity contribution is 0.125. The molecule has 1 fully saturated rings. The Balaban J connectivity index is 1.34. The Hall–Kier alpha value is -1.53. The van der Waals surface area contributed by atoms with Crippen LogP contribution in [0.1, 0.15) is 12.0 Å². The van der Waals surface area contributed by atoms with Crippen LogP contribution in [-0.4, -0.2) is 81.2 Å². The highest BCUT2D eigenvalue weighted by Crippen LogP contribution is 2.48.